The molecule has 0 aromatic carbocycles. The molecule has 0 heterocycles. The number of nitrogens with zero attached hydrogens (tertiary/aromatic N) is 2. The maximum absolute atomic E-state index is 11.8. The summed E-state index contributed by atoms with van der Waals surface area (Å²) in [4.78, 5) is 0. The van der Waals surface area contributed by atoms with Crippen LogP contribution in [0, 0.1) is 22.7 Å². The molecule has 0 rings (SSSR count). The van der Waals surface area contributed by atoms with Crippen LogP contribution in [0.15, 0.2) is 0 Å². The normalized spacial score (nSPS) is 13.1. The Hall–Kier alpha value is -1.42. The van der Waals surface area contributed by atoms with Crippen molar-refractivity contribution in [3.05, 3.63) is 0 Å². The average Bonchev–Trinajstić information content (AvgIpc) is 1.96. The first-order chi connectivity index (χ1) is 6.08. The van der Waals surface area contributed by atoms with Gasteiger partial charge in [0.05, 0.1) is 0 Å². The maximum atomic E-state index is 11.8. The first-order valence-corrected chi connectivity index (χ1v) is 2.86. The zero-order chi connectivity index (χ0) is 11.6. The minimum atomic E-state index is -6.35. The van der Waals surface area contributed by atoms with E-state index in [0.717, 1.165) is 0 Å². The molecular weight excluding hydrogens is 217 g/mol. The number of hydrogen-bond acceptors (Lipinski definition) is 3. The second kappa shape index (κ2) is 3.38. The second-order valence-corrected chi connectivity index (χ2v) is 2.04. The number of halogens is 6. The summed E-state index contributed by atoms with van der Waals surface area (Å²) in [5.41, 5.74) is -4.48. The van der Waals surface area contributed by atoms with E-state index < -0.39 is 19.0 Å². The van der Waals surface area contributed by atoms with Gasteiger partial charge in [-0.05, 0) is 0 Å². The molecule has 0 aliphatic carbocycles. The lowest BCUT2D eigenvalue weighted by atomic mass is 10.1. The zero-order valence-electron chi connectivity index (χ0n) is 6.15. The van der Waals surface area contributed by atoms with Gasteiger partial charge in [0, 0.05) is 0 Å². The molecule has 0 amide bonds. The Morgan fingerprint density at radius 1 is 1.00 bits per heavy atom. The third-order valence-corrected chi connectivity index (χ3v) is 1.02. The van der Waals surface area contributed by atoms with Crippen molar-refractivity contribution < 1.29 is 30.8 Å². The predicted molar refractivity (Wildman–Crippen MR) is 30.2 cm³/mol. The highest BCUT2D eigenvalue weighted by molar-refractivity contribution is 6.51. The molecular formula is C4BF6N2O-. The number of nitriles is 2. The Labute approximate surface area is 73.6 Å². The van der Waals surface area contributed by atoms with Crippen molar-refractivity contribution in [1.82, 2.24) is 0 Å². The van der Waals surface area contributed by atoms with Crippen molar-refractivity contribution in [1.29, 1.82) is 10.5 Å². The minimum absolute atomic E-state index is 0.149. The summed E-state index contributed by atoms with van der Waals surface area (Å²) in [5, 5.41) is 15.7. The van der Waals surface area contributed by atoms with Crippen LogP contribution in [0.25, 0.3) is 0 Å². The summed E-state index contributed by atoms with van der Waals surface area (Å²) in [5.74, 6) is 0. The Morgan fingerprint density at radius 3 is 1.43 bits per heavy atom. The van der Waals surface area contributed by atoms with Gasteiger partial charge in [-0.25, -0.2) is 0 Å². The van der Waals surface area contributed by atoms with Gasteiger partial charge in [-0.15, -0.1) is 0 Å². The molecule has 0 aromatic rings. The van der Waals surface area contributed by atoms with Gasteiger partial charge in [-0.2, -0.15) is 23.7 Å². The molecule has 78 valence electrons. The molecule has 3 nitrogen and oxygen atoms in total. The number of alkyl halides is 3. The fraction of sp³-hybridized carbons (Fsp3) is 0.500. The lowest BCUT2D eigenvalue weighted by Gasteiger charge is -2.29. The highest BCUT2D eigenvalue weighted by Gasteiger charge is 2.60. The van der Waals surface area contributed by atoms with E-state index >= 15 is 0 Å². The third kappa shape index (κ3) is 2.54. The van der Waals surface area contributed by atoms with Gasteiger partial charge < -0.3 is 17.6 Å². The molecule has 0 saturated carbocycles. The summed E-state index contributed by atoms with van der Waals surface area (Å²) >= 11 is 0. The van der Waals surface area contributed by atoms with Gasteiger partial charge >= 0.3 is 19.0 Å². The smallest absolute Gasteiger partial charge is 0.474 e. The van der Waals surface area contributed by atoms with Crippen LogP contribution >= 0.6 is 0 Å². The molecule has 0 N–H and O–H groups in total. The molecule has 10 heteroatoms. The van der Waals surface area contributed by atoms with Crippen molar-refractivity contribution >= 4 is 7.18 Å². The fourth-order valence-electron chi connectivity index (χ4n) is 0.472. The summed E-state index contributed by atoms with van der Waals surface area (Å²) in [6.07, 6.45) is -5.73. The first kappa shape index (κ1) is 12.6. The largest absolute Gasteiger partial charge is 0.639 e. The molecule has 0 atom stereocenters. The predicted octanol–water partition coefficient (Wildman–Crippen LogP) is 1.70. The van der Waals surface area contributed by atoms with E-state index in [9.17, 15) is 26.1 Å². The highest BCUT2D eigenvalue weighted by atomic mass is 19.4. The maximum Gasteiger partial charge on any atom is 0.639 e. The number of hydrogen-bond donors (Lipinski definition) is 0. The Balaban J connectivity index is 5.18. The number of rotatable bonds is 2. The van der Waals surface area contributed by atoms with E-state index in [1.165, 1.54) is 0 Å². The van der Waals surface area contributed by atoms with Gasteiger partial charge in [0.25, 0.3) is 0 Å². The van der Waals surface area contributed by atoms with Crippen LogP contribution in [0.3, 0.4) is 0 Å². The zero-order valence-corrected chi connectivity index (χ0v) is 6.15. The first-order valence-electron chi connectivity index (χ1n) is 2.86. The summed E-state index contributed by atoms with van der Waals surface area (Å²) in [6, 6.07) is 0.298. The van der Waals surface area contributed by atoms with Crippen molar-refractivity contribution in [2.24, 2.45) is 0 Å². The van der Waals surface area contributed by atoms with E-state index in [2.05, 4.69) is 4.65 Å². The quantitative estimate of drug-likeness (QED) is 0.522. The summed E-state index contributed by atoms with van der Waals surface area (Å²) < 4.78 is 72.5. The SMILES string of the molecule is N#CC(C#N)(O[B-](F)(F)F)C(F)(F)F. The van der Waals surface area contributed by atoms with Gasteiger partial charge in [0.1, 0.15) is 12.1 Å². The van der Waals surface area contributed by atoms with E-state index in [1.807, 2.05) is 0 Å². The monoisotopic (exact) mass is 217 g/mol. The molecule has 0 aromatic heterocycles. The third-order valence-electron chi connectivity index (χ3n) is 1.02. The molecule has 0 unspecified atom stereocenters. The van der Waals surface area contributed by atoms with E-state index in [-0.39, 0.29) is 12.1 Å². The van der Waals surface area contributed by atoms with Crippen molar-refractivity contribution in [2.45, 2.75) is 11.8 Å². The van der Waals surface area contributed by atoms with Crippen LogP contribution in [0.2, 0.25) is 0 Å². The molecule has 0 aliphatic rings. The minimum Gasteiger partial charge on any atom is -0.474 e. The second-order valence-electron chi connectivity index (χ2n) is 2.04. The fourth-order valence-corrected chi connectivity index (χ4v) is 0.472. The van der Waals surface area contributed by atoms with Crippen molar-refractivity contribution in [3.63, 3.8) is 0 Å². The van der Waals surface area contributed by atoms with Gasteiger partial charge in [-0.1, -0.05) is 0 Å². The lowest BCUT2D eigenvalue weighted by Crippen LogP contribution is -2.50. The molecule has 0 fully saturated rings. The van der Waals surface area contributed by atoms with Crippen LogP contribution in [0.5, 0.6) is 0 Å². The molecule has 0 bridgehead atoms. The van der Waals surface area contributed by atoms with Crippen LogP contribution in [-0.4, -0.2) is 19.0 Å². The van der Waals surface area contributed by atoms with Crippen LogP contribution in [-0.2, 0) is 4.65 Å². The molecule has 0 saturated heterocycles. The van der Waals surface area contributed by atoms with E-state index in [4.69, 9.17) is 10.5 Å². The molecule has 0 radical (unpaired) electrons. The van der Waals surface area contributed by atoms with Crippen LogP contribution in [0.4, 0.5) is 26.1 Å². The standard InChI is InChI=1S/C4BF6N2O/c6-4(7,8)3(1-12,2-13)14-5(9,10)11/q-1. The Bertz CT molecular complexity index is 281. The van der Waals surface area contributed by atoms with E-state index in [1.54, 1.807) is 0 Å². The Morgan fingerprint density at radius 2 is 1.36 bits per heavy atom. The van der Waals surface area contributed by atoms with Gasteiger partial charge in [0.15, 0.2) is 0 Å². The molecule has 0 aliphatic heterocycles. The Kier molecular flexibility index (Phi) is 3.04. The van der Waals surface area contributed by atoms with E-state index in [0.29, 0.717) is 0 Å². The highest BCUT2D eigenvalue weighted by Crippen LogP contribution is 2.35. The van der Waals surface area contributed by atoms with Crippen molar-refractivity contribution in [3.8, 4) is 12.1 Å². The van der Waals surface area contributed by atoms with Crippen molar-refractivity contribution in [2.75, 3.05) is 0 Å². The van der Waals surface area contributed by atoms with Gasteiger partial charge in [0.2, 0.25) is 0 Å². The van der Waals surface area contributed by atoms with Gasteiger partial charge in [-0.3, -0.25) is 0 Å². The lowest BCUT2D eigenvalue weighted by molar-refractivity contribution is -0.215. The summed E-state index contributed by atoms with van der Waals surface area (Å²) in [6.45, 7) is 0. The average molecular weight is 217 g/mol. The topological polar surface area (TPSA) is 56.8 Å². The summed E-state index contributed by atoms with van der Waals surface area (Å²) in [7, 11) is -6.35. The molecule has 0 spiro atoms. The van der Waals surface area contributed by atoms with Crippen LogP contribution in [0.1, 0.15) is 0 Å². The van der Waals surface area contributed by atoms with Crippen LogP contribution < -0.4 is 0 Å². The molecule has 14 heavy (non-hydrogen) atoms.